The number of rotatable bonds is 3. The van der Waals surface area contributed by atoms with Crippen molar-refractivity contribution in [2.24, 2.45) is 0 Å². The van der Waals surface area contributed by atoms with Gasteiger partial charge in [-0.05, 0) is 31.7 Å². The maximum atomic E-state index is 11.6. The van der Waals surface area contributed by atoms with Crippen LogP contribution in [0.3, 0.4) is 0 Å². The fourth-order valence-electron chi connectivity index (χ4n) is 2.08. The predicted molar refractivity (Wildman–Crippen MR) is 69.6 cm³/mol. The minimum absolute atomic E-state index is 0.0415. The fraction of sp³-hybridized carbons (Fsp3) is 0.462. The molecule has 0 N–H and O–H groups in total. The summed E-state index contributed by atoms with van der Waals surface area (Å²) in [5, 5.41) is 0. The number of ether oxygens (including phenoxy) is 1. The molecule has 1 heterocycles. The summed E-state index contributed by atoms with van der Waals surface area (Å²) in [6, 6.07) is 8.04. The maximum Gasteiger partial charge on any atom is 0.323 e. The van der Waals surface area contributed by atoms with Gasteiger partial charge in [0.15, 0.2) is 0 Å². The van der Waals surface area contributed by atoms with Crippen molar-refractivity contribution < 1.29 is 9.53 Å². The first-order valence-electron chi connectivity index (χ1n) is 5.71. The van der Waals surface area contributed by atoms with Crippen LogP contribution in [0, 0.1) is 0 Å². The molecule has 1 saturated heterocycles. The monoisotopic (exact) mass is 297 g/mol. The molecule has 0 aliphatic carbocycles. The smallest absolute Gasteiger partial charge is 0.323 e. The number of hydrogen-bond acceptors (Lipinski definition) is 3. The summed E-state index contributed by atoms with van der Waals surface area (Å²) in [5.41, 5.74) is 1.20. The summed E-state index contributed by atoms with van der Waals surface area (Å²) in [5.74, 6) is -0.0999. The van der Waals surface area contributed by atoms with E-state index in [1.165, 1.54) is 5.56 Å². The van der Waals surface area contributed by atoms with E-state index < -0.39 is 0 Å². The number of likely N-dealkylation sites (N-methyl/N-ethyl adjacent to an activating group) is 1. The second-order valence-corrected chi connectivity index (χ2v) is 5.46. The van der Waals surface area contributed by atoms with Crippen molar-refractivity contribution in [1.29, 1.82) is 0 Å². The first-order valence-corrected chi connectivity index (χ1v) is 6.51. The average Bonchev–Trinajstić information content (AvgIpc) is 2.61. The zero-order chi connectivity index (χ0) is 12.4. The lowest BCUT2D eigenvalue weighted by molar-refractivity contribution is -0.144. The van der Waals surface area contributed by atoms with Gasteiger partial charge in [-0.15, -0.1) is 0 Å². The Bertz CT molecular complexity index is 404. The van der Waals surface area contributed by atoms with Crippen LogP contribution in [0.4, 0.5) is 0 Å². The Morgan fingerprint density at radius 1 is 1.41 bits per heavy atom. The third-order valence-electron chi connectivity index (χ3n) is 3.02. The lowest BCUT2D eigenvalue weighted by atomic mass is 10.1. The molecule has 17 heavy (non-hydrogen) atoms. The van der Waals surface area contributed by atoms with Gasteiger partial charge < -0.3 is 4.74 Å². The van der Waals surface area contributed by atoms with Crippen LogP contribution >= 0.6 is 15.9 Å². The zero-order valence-electron chi connectivity index (χ0n) is 10.0. The highest BCUT2D eigenvalue weighted by atomic mass is 79.9. The van der Waals surface area contributed by atoms with Crippen LogP contribution in [0.1, 0.15) is 18.9 Å². The summed E-state index contributed by atoms with van der Waals surface area (Å²) in [6.45, 7) is 2.70. The van der Waals surface area contributed by atoms with Crippen molar-refractivity contribution in [2.75, 3.05) is 7.05 Å². The zero-order valence-corrected chi connectivity index (χ0v) is 11.6. The van der Waals surface area contributed by atoms with Crippen molar-refractivity contribution >= 4 is 21.9 Å². The number of benzene rings is 1. The summed E-state index contributed by atoms with van der Waals surface area (Å²) < 4.78 is 6.23. The molecule has 2 rings (SSSR count). The quantitative estimate of drug-likeness (QED) is 0.803. The number of halogens is 1. The molecule has 1 aromatic rings. The minimum Gasteiger partial charge on any atom is -0.461 e. The fourth-order valence-corrected chi connectivity index (χ4v) is 2.35. The van der Waals surface area contributed by atoms with Gasteiger partial charge in [-0.25, -0.2) is 0 Å². The first-order chi connectivity index (χ1) is 8.06. The van der Waals surface area contributed by atoms with Crippen LogP contribution in [0.2, 0.25) is 0 Å². The molecule has 0 spiro atoms. The lowest BCUT2D eigenvalue weighted by Gasteiger charge is -2.20. The topological polar surface area (TPSA) is 29.5 Å². The Labute approximate surface area is 110 Å². The Balaban J connectivity index is 1.99. The molecule has 3 nitrogen and oxygen atoms in total. The minimum atomic E-state index is -0.103. The number of nitrogens with zero attached hydrogens (tertiary/aromatic N) is 1. The molecule has 1 aliphatic heterocycles. The van der Waals surface area contributed by atoms with Crippen LogP contribution in [0.15, 0.2) is 28.7 Å². The Morgan fingerprint density at radius 3 is 2.59 bits per heavy atom. The van der Waals surface area contributed by atoms with Crippen LogP contribution in [0.5, 0.6) is 0 Å². The van der Waals surface area contributed by atoms with Crippen molar-refractivity contribution in [3.63, 3.8) is 0 Å². The summed E-state index contributed by atoms with van der Waals surface area (Å²) in [7, 11) is 1.96. The van der Waals surface area contributed by atoms with Crippen LogP contribution in [0.25, 0.3) is 0 Å². The van der Waals surface area contributed by atoms with Crippen molar-refractivity contribution in [2.45, 2.75) is 32.0 Å². The van der Waals surface area contributed by atoms with Gasteiger partial charge in [0, 0.05) is 17.4 Å². The van der Waals surface area contributed by atoms with E-state index in [0.29, 0.717) is 0 Å². The largest absolute Gasteiger partial charge is 0.461 e. The van der Waals surface area contributed by atoms with E-state index in [1.54, 1.807) is 0 Å². The number of esters is 1. The summed E-state index contributed by atoms with van der Waals surface area (Å²) in [4.78, 5) is 13.6. The molecule has 1 fully saturated rings. The molecular weight excluding hydrogens is 282 g/mol. The highest BCUT2D eigenvalue weighted by molar-refractivity contribution is 9.10. The predicted octanol–water partition coefficient (Wildman–Crippen LogP) is 2.58. The van der Waals surface area contributed by atoms with Gasteiger partial charge in [0.2, 0.25) is 0 Å². The van der Waals surface area contributed by atoms with Crippen molar-refractivity contribution in [3.8, 4) is 0 Å². The lowest BCUT2D eigenvalue weighted by Crippen LogP contribution is -2.34. The van der Waals surface area contributed by atoms with Gasteiger partial charge in [-0.3, -0.25) is 9.69 Å². The SMILES string of the molecule is C[C@H]1C[C@H](N(C)Cc2ccc(Br)cc2)C(=O)O1. The van der Waals surface area contributed by atoms with Gasteiger partial charge in [0.05, 0.1) is 0 Å². The average molecular weight is 298 g/mol. The summed E-state index contributed by atoms with van der Waals surface area (Å²) >= 11 is 3.41. The van der Waals surface area contributed by atoms with E-state index in [9.17, 15) is 4.79 Å². The van der Waals surface area contributed by atoms with Gasteiger partial charge >= 0.3 is 5.97 Å². The molecule has 92 valence electrons. The van der Waals surface area contributed by atoms with Crippen LogP contribution < -0.4 is 0 Å². The van der Waals surface area contributed by atoms with Gasteiger partial charge in [-0.1, -0.05) is 28.1 Å². The third kappa shape index (κ3) is 3.07. The maximum absolute atomic E-state index is 11.6. The molecule has 0 aromatic heterocycles. The van der Waals surface area contributed by atoms with E-state index in [2.05, 4.69) is 33.0 Å². The second kappa shape index (κ2) is 5.19. The van der Waals surface area contributed by atoms with E-state index in [0.717, 1.165) is 17.4 Å². The van der Waals surface area contributed by atoms with Gasteiger partial charge in [0.1, 0.15) is 12.1 Å². The molecule has 0 amide bonds. The van der Waals surface area contributed by atoms with E-state index in [1.807, 2.05) is 26.1 Å². The third-order valence-corrected chi connectivity index (χ3v) is 3.55. The number of cyclic esters (lactones) is 1. The Morgan fingerprint density at radius 2 is 2.06 bits per heavy atom. The molecule has 1 aliphatic rings. The van der Waals surface area contributed by atoms with E-state index in [-0.39, 0.29) is 18.1 Å². The molecule has 0 unspecified atom stereocenters. The highest BCUT2D eigenvalue weighted by Crippen LogP contribution is 2.20. The summed E-state index contributed by atoms with van der Waals surface area (Å²) in [6.07, 6.45) is 0.825. The molecule has 0 radical (unpaired) electrons. The second-order valence-electron chi connectivity index (χ2n) is 4.54. The van der Waals surface area contributed by atoms with Crippen LogP contribution in [-0.2, 0) is 16.1 Å². The normalized spacial score (nSPS) is 24.1. The molecule has 1 aromatic carbocycles. The highest BCUT2D eigenvalue weighted by Gasteiger charge is 2.34. The molecular formula is C13H16BrNO2. The number of hydrogen-bond donors (Lipinski definition) is 0. The molecule has 0 bridgehead atoms. The van der Waals surface area contributed by atoms with Crippen LogP contribution in [-0.4, -0.2) is 30.1 Å². The van der Waals surface area contributed by atoms with Crippen molar-refractivity contribution in [1.82, 2.24) is 4.90 Å². The van der Waals surface area contributed by atoms with Crippen molar-refractivity contribution in [3.05, 3.63) is 34.3 Å². The number of carbonyl (C=O) groups excluding carboxylic acids is 1. The Kier molecular flexibility index (Phi) is 3.84. The van der Waals surface area contributed by atoms with Gasteiger partial charge in [-0.2, -0.15) is 0 Å². The van der Waals surface area contributed by atoms with E-state index in [4.69, 9.17) is 4.74 Å². The Hall–Kier alpha value is -0.870. The van der Waals surface area contributed by atoms with E-state index >= 15 is 0 Å². The molecule has 4 heteroatoms. The molecule has 0 saturated carbocycles. The number of carbonyl (C=O) groups is 1. The standard InChI is InChI=1S/C13H16BrNO2/c1-9-7-12(13(16)17-9)15(2)8-10-3-5-11(14)6-4-10/h3-6,9,12H,7-8H2,1-2H3/t9-,12-/m0/s1. The van der Waals surface area contributed by atoms with Gasteiger partial charge in [0.25, 0.3) is 0 Å². The molecule has 2 atom stereocenters. The first kappa shape index (κ1) is 12.6.